The SMILES string of the molecule is C=C1N(Cl)C(=O)C2(CCc3ccccc3C2)N1C(C)(C)C. The summed E-state index contributed by atoms with van der Waals surface area (Å²) in [6, 6.07) is 8.36. The van der Waals surface area contributed by atoms with Crippen LogP contribution in [0.1, 0.15) is 38.3 Å². The van der Waals surface area contributed by atoms with Gasteiger partial charge >= 0.3 is 0 Å². The molecule has 1 fully saturated rings. The lowest BCUT2D eigenvalue weighted by Crippen LogP contribution is -2.58. The van der Waals surface area contributed by atoms with E-state index in [0.29, 0.717) is 12.2 Å². The fraction of sp³-hybridized carbons (Fsp3) is 0.471. The Bertz CT molecular complexity index is 619. The topological polar surface area (TPSA) is 23.6 Å². The number of amides is 1. The first-order valence-corrected chi connectivity index (χ1v) is 7.67. The van der Waals surface area contributed by atoms with E-state index in [0.717, 1.165) is 12.8 Å². The number of hydrogen-bond acceptors (Lipinski definition) is 2. The molecule has 0 saturated carbocycles. The van der Waals surface area contributed by atoms with Gasteiger partial charge in [-0.15, -0.1) is 0 Å². The number of halogens is 1. The maximum atomic E-state index is 12.9. The maximum absolute atomic E-state index is 12.9. The molecule has 3 nitrogen and oxygen atoms in total. The van der Waals surface area contributed by atoms with Crippen molar-refractivity contribution in [2.75, 3.05) is 0 Å². The highest BCUT2D eigenvalue weighted by atomic mass is 35.5. The average molecular weight is 305 g/mol. The first-order chi connectivity index (χ1) is 9.77. The van der Waals surface area contributed by atoms with Crippen LogP contribution in [-0.2, 0) is 17.6 Å². The molecule has 1 spiro atoms. The van der Waals surface area contributed by atoms with Crippen LogP contribution in [-0.4, -0.2) is 26.3 Å². The Kier molecular flexibility index (Phi) is 3.10. The minimum Gasteiger partial charge on any atom is -0.337 e. The van der Waals surface area contributed by atoms with E-state index < -0.39 is 5.54 Å². The smallest absolute Gasteiger partial charge is 0.269 e. The van der Waals surface area contributed by atoms with Crippen LogP contribution in [0.2, 0.25) is 0 Å². The molecule has 1 saturated heterocycles. The highest BCUT2D eigenvalue weighted by molar-refractivity contribution is 6.25. The molecular weight excluding hydrogens is 284 g/mol. The second-order valence-electron chi connectivity index (χ2n) is 6.99. The summed E-state index contributed by atoms with van der Waals surface area (Å²) in [5.74, 6) is 0.548. The predicted octanol–water partition coefficient (Wildman–Crippen LogP) is 3.48. The van der Waals surface area contributed by atoms with E-state index in [1.54, 1.807) is 0 Å². The van der Waals surface area contributed by atoms with Gasteiger partial charge in [-0.1, -0.05) is 30.8 Å². The molecule has 1 heterocycles. The van der Waals surface area contributed by atoms with Gasteiger partial charge in [-0.2, -0.15) is 0 Å². The van der Waals surface area contributed by atoms with Crippen LogP contribution in [0.3, 0.4) is 0 Å². The zero-order chi connectivity index (χ0) is 15.4. The number of aryl methyl sites for hydroxylation is 1. The Labute approximate surface area is 131 Å². The van der Waals surface area contributed by atoms with Gasteiger partial charge in [-0.05, 0) is 44.7 Å². The van der Waals surface area contributed by atoms with Gasteiger partial charge < -0.3 is 4.90 Å². The van der Waals surface area contributed by atoms with Crippen molar-refractivity contribution in [1.29, 1.82) is 0 Å². The summed E-state index contributed by atoms with van der Waals surface area (Å²) in [5, 5.41) is 0. The summed E-state index contributed by atoms with van der Waals surface area (Å²) < 4.78 is 1.21. The van der Waals surface area contributed by atoms with Crippen molar-refractivity contribution in [1.82, 2.24) is 9.32 Å². The summed E-state index contributed by atoms with van der Waals surface area (Å²) in [6.45, 7) is 10.3. The monoisotopic (exact) mass is 304 g/mol. The highest BCUT2D eigenvalue weighted by Crippen LogP contribution is 2.46. The van der Waals surface area contributed by atoms with Gasteiger partial charge in [0.1, 0.15) is 11.4 Å². The Morgan fingerprint density at radius 3 is 2.48 bits per heavy atom. The lowest BCUT2D eigenvalue weighted by Gasteiger charge is -2.47. The summed E-state index contributed by atoms with van der Waals surface area (Å²) in [4.78, 5) is 15.0. The molecule has 0 N–H and O–H groups in total. The van der Waals surface area contributed by atoms with Crippen molar-refractivity contribution >= 4 is 17.7 Å². The van der Waals surface area contributed by atoms with Crippen LogP contribution >= 0.6 is 11.8 Å². The molecular formula is C17H21ClN2O. The predicted molar refractivity (Wildman–Crippen MR) is 84.6 cm³/mol. The zero-order valence-electron chi connectivity index (χ0n) is 12.8. The molecule has 21 heavy (non-hydrogen) atoms. The molecule has 1 aromatic carbocycles. The molecule has 0 aromatic heterocycles. The van der Waals surface area contributed by atoms with Crippen molar-refractivity contribution in [2.24, 2.45) is 0 Å². The molecule has 1 atom stereocenters. The minimum absolute atomic E-state index is 0.0430. The second kappa shape index (κ2) is 4.51. The van der Waals surface area contributed by atoms with E-state index >= 15 is 0 Å². The molecule has 0 radical (unpaired) electrons. The summed E-state index contributed by atoms with van der Waals surface area (Å²) in [6.07, 6.45) is 2.37. The van der Waals surface area contributed by atoms with Crippen LogP contribution in [0, 0.1) is 0 Å². The normalized spacial score (nSPS) is 25.7. The fourth-order valence-corrected chi connectivity index (χ4v) is 4.08. The molecule has 1 unspecified atom stereocenters. The first kappa shape index (κ1) is 14.5. The fourth-order valence-electron chi connectivity index (χ4n) is 3.85. The van der Waals surface area contributed by atoms with Gasteiger partial charge in [0.25, 0.3) is 5.91 Å². The van der Waals surface area contributed by atoms with Crippen molar-refractivity contribution < 1.29 is 4.79 Å². The van der Waals surface area contributed by atoms with Gasteiger partial charge in [0.15, 0.2) is 0 Å². The lowest BCUT2D eigenvalue weighted by atomic mass is 9.75. The van der Waals surface area contributed by atoms with Gasteiger partial charge in [-0.3, -0.25) is 4.79 Å². The van der Waals surface area contributed by atoms with Crippen LogP contribution in [0.4, 0.5) is 0 Å². The number of benzene rings is 1. The van der Waals surface area contributed by atoms with E-state index in [4.69, 9.17) is 11.8 Å². The second-order valence-corrected chi connectivity index (χ2v) is 7.32. The van der Waals surface area contributed by atoms with Gasteiger partial charge in [0.2, 0.25) is 0 Å². The standard InChI is InChI=1S/C17H21ClN2O/c1-12-19(18)15(21)17(20(12)16(2,3)4)10-9-13-7-5-6-8-14(13)11-17/h5-8H,1,9-11H2,2-4H3. The van der Waals surface area contributed by atoms with E-state index in [1.165, 1.54) is 15.5 Å². The number of hydrogen-bond donors (Lipinski definition) is 0. The molecule has 1 amide bonds. The van der Waals surface area contributed by atoms with E-state index in [9.17, 15) is 4.79 Å². The molecule has 1 aliphatic carbocycles. The Balaban J connectivity index is 2.11. The third-order valence-electron chi connectivity index (χ3n) is 4.57. The van der Waals surface area contributed by atoms with Gasteiger partial charge in [0, 0.05) is 23.7 Å². The van der Waals surface area contributed by atoms with E-state index in [-0.39, 0.29) is 11.4 Å². The van der Waals surface area contributed by atoms with E-state index in [1.807, 2.05) is 6.07 Å². The van der Waals surface area contributed by atoms with Gasteiger partial charge in [0.05, 0.1) is 0 Å². The first-order valence-electron chi connectivity index (χ1n) is 7.34. The number of carbonyl (C=O) groups excluding carboxylic acids is 1. The van der Waals surface area contributed by atoms with Crippen LogP contribution in [0.15, 0.2) is 36.7 Å². The Hall–Kier alpha value is -1.48. The van der Waals surface area contributed by atoms with Crippen molar-refractivity contribution in [3.8, 4) is 0 Å². The number of fused-ring (bicyclic) bond motifs is 1. The lowest BCUT2D eigenvalue weighted by molar-refractivity contribution is -0.132. The highest BCUT2D eigenvalue weighted by Gasteiger charge is 2.58. The largest absolute Gasteiger partial charge is 0.337 e. The van der Waals surface area contributed by atoms with E-state index in [2.05, 4.69) is 50.4 Å². The van der Waals surface area contributed by atoms with Crippen molar-refractivity contribution in [2.45, 2.75) is 51.1 Å². The van der Waals surface area contributed by atoms with Crippen LogP contribution in [0.25, 0.3) is 0 Å². The van der Waals surface area contributed by atoms with Gasteiger partial charge in [-0.25, -0.2) is 4.42 Å². The quantitative estimate of drug-likeness (QED) is 0.685. The molecule has 112 valence electrons. The molecule has 1 aliphatic heterocycles. The molecule has 0 bridgehead atoms. The minimum atomic E-state index is -0.592. The summed E-state index contributed by atoms with van der Waals surface area (Å²) >= 11 is 6.21. The maximum Gasteiger partial charge on any atom is 0.269 e. The van der Waals surface area contributed by atoms with Crippen LogP contribution < -0.4 is 0 Å². The third-order valence-corrected chi connectivity index (χ3v) is 4.92. The number of rotatable bonds is 0. The molecule has 3 rings (SSSR count). The Morgan fingerprint density at radius 1 is 1.24 bits per heavy atom. The molecule has 1 aromatic rings. The van der Waals surface area contributed by atoms with Crippen molar-refractivity contribution in [3.05, 3.63) is 47.8 Å². The Morgan fingerprint density at radius 2 is 1.86 bits per heavy atom. The summed E-state index contributed by atoms with van der Waals surface area (Å²) in [7, 11) is 0. The number of nitrogens with zero attached hydrogens (tertiary/aromatic N) is 2. The number of carbonyl (C=O) groups is 1. The zero-order valence-corrected chi connectivity index (χ0v) is 13.6. The third kappa shape index (κ3) is 1.98. The van der Waals surface area contributed by atoms with Crippen LogP contribution in [0.5, 0.6) is 0 Å². The summed E-state index contributed by atoms with van der Waals surface area (Å²) in [5.41, 5.74) is 1.78. The molecule has 2 aliphatic rings. The average Bonchev–Trinajstić information content (AvgIpc) is 2.60. The molecule has 4 heteroatoms. The van der Waals surface area contributed by atoms with Crippen molar-refractivity contribution in [3.63, 3.8) is 0 Å².